The molecule has 2 aromatic carbocycles. The van der Waals surface area contributed by atoms with E-state index in [1.54, 1.807) is 48.7 Å². The van der Waals surface area contributed by atoms with E-state index in [0.29, 0.717) is 46.6 Å². The van der Waals surface area contributed by atoms with E-state index in [4.69, 9.17) is 15.5 Å². The number of carbonyl (C=O) groups is 2. The van der Waals surface area contributed by atoms with Crippen LogP contribution in [0.4, 0.5) is 10.1 Å². The third-order valence-electron chi connectivity index (χ3n) is 8.86. The molecule has 2 aromatic heterocycles. The summed E-state index contributed by atoms with van der Waals surface area (Å²) in [4.78, 5) is 44.4. The summed E-state index contributed by atoms with van der Waals surface area (Å²) < 4.78 is 21.8. The summed E-state index contributed by atoms with van der Waals surface area (Å²) in [6, 6.07) is 9.24. The molecular formula is C31H27FN4O5. The second-order valence-electron chi connectivity index (χ2n) is 11.0. The van der Waals surface area contributed by atoms with Gasteiger partial charge in [0.05, 0.1) is 35.1 Å². The second-order valence-corrected chi connectivity index (χ2v) is 11.0. The van der Waals surface area contributed by atoms with E-state index < -0.39 is 17.6 Å². The SMILES string of the molecule is CC[C@@]1(O)C(=O)OCc2c1cc1n(c2=O)Cc2c-1nc1cc(F)c(C)c3c1c2[C@@H](NC(=O)c1ccc(N)cc1)CC3. The number of hydrogen-bond acceptors (Lipinski definition) is 7. The highest BCUT2D eigenvalue weighted by atomic mass is 19.1. The van der Waals surface area contributed by atoms with Crippen LogP contribution in [0.3, 0.4) is 0 Å². The molecule has 4 aromatic rings. The fraction of sp³-hybridized carbons (Fsp3) is 0.290. The first-order valence-electron chi connectivity index (χ1n) is 13.6. The van der Waals surface area contributed by atoms with E-state index in [9.17, 15) is 19.5 Å². The first-order chi connectivity index (χ1) is 19.6. The largest absolute Gasteiger partial charge is 0.458 e. The van der Waals surface area contributed by atoms with Crippen LogP contribution >= 0.6 is 0 Å². The Morgan fingerprint density at radius 2 is 1.98 bits per heavy atom. The number of esters is 1. The van der Waals surface area contributed by atoms with Crippen molar-refractivity contribution in [2.45, 2.75) is 57.9 Å². The van der Waals surface area contributed by atoms with Crippen LogP contribution in [0.2, 0.25) is 0 Å². The summed E-state index contributed by atoms with van der Waals surface area (Å²) in [7, 11) is 0. The Balaban J connectivity index is 1.45. The van der Waals surface area contributed by atoms with E-state index in [0.717, 1.165) is 22.1 Å². The van der Waals surface area contributed by atoms with Crippen molar-refractivity contribution in [1.29, 1.82) is 0 Å². The number of nitrogens with two attached hydrogens (primary N) is 1. The van der Waals surface area contributed by atoms with Gasteiger partial charge < -0.3 is 25.5 Å². The van der Waals surface area contributed by atoms with E-state index in [-0.39, 0.29) is 48.0 Å². The van der Waals surface area contributed by atoms with Gasteiger partial charge in [-0.1, -0.05) is 6.92 Å². The van der Waals surface area contributed by atoms with Crippen LogP contribution in [0.25, 0.3) is 22.3 Å². The lowest BCUT2D eigenvalue weighted by Crippen LogP contribution is -2.44. The maximum atomic E-state index is 15.1. The third-order valence-corrected chi connectivity index (χ3v) is 8.86. The number of hydrogen-bond donors (Lipinski definition) is 3. The number of pyridine rings is 2. The van der Waals surface area contributed by atoms with Gasteiger partial charge in [-0.25, -0.2) is 14.2 Å². The molecule has 9 nitrogen and oxygen atoms in total. The molecule has 0 saturated heterocycles. The van der Waals surface area contributed by atoms with Crippen LogP contribution in [0.1, 0.15) is 69.5 Å². The number of rotatable bonds is 3. The summed E-state index contributed by atoms with van der Waals surface area (Å²) in [6.07, 6.45) is 1.10. The number of carbonyl (C=O) groups excluding carboxylic acids is 2. The van der Waals surface area contributed by atoms with Gasteiger partial charge in [0, 0.05) is 33.8 Å². The summed E-state index contributed by atoms with van der Waals surface area (Å²) in [5.74, 6) is -1.45. The smallest absolute Gasteiger partial charge is 0.343 e. The number of anilines is 1. The van der Waals surface area contributed by atoms with Gasteiger partial charge in [-0.2, -0.15) is 0 Å². The number of nitrogen functional groups attached to an aromatic ring is 1. The van der Waals surface area contributed by atoms with Crippen molar-refractivity contribution >= 4 is 28.5 Å². The van der Waals surface area contributed by atoms with Crippen molar-refractivity contribution in [1.82, 2.24) is 14.9 Å². The standard InChI is InChI=1S/C31H27FN4O5/c1-3-31(40)20-10-24-27-18(12-36(24)29(38)19(20)13-41-30(31)39)26-22(35-28(37)15-4-6-16(33)7-5-15)9-8-17-14(2)21(32)11-23(34-27)25(17)26/h4-7,10-11,22,40H,3,8-9,12-13,33H2,1-2H3,(H,35,37)/t22-,31-/m0/s1. The van der Waals surface area contributed by atoms with Crippen LogP contribution in [-0.4, -0.2) is 26.5 Å². The molecule has 41 heavy (non-hydrogen) atoms. The van der Waals surface area contributed by atoms with Gasteiger partial charge in [-0.3, -0.25) is 9.59 Å². The topological polar surface area (TPSA) is 137 Å². The lowest BCUT2D eigenvalue weighted by atomic mass is 9.81. The van der Waals surface area contributed by atoms with Crippen molar-refractivity contribution in [3.8, 4) is 11.4 Å². The minimum atomic E-state index is -1.96. The lowest BCUT2D eigenvalue weighted by Gasteiger charge is -2.31. The molecule has 4 heterocycles. The van der Waals surface area contributed by atoms with Gasteiger partial charge in [-0.05, 0) is 73.2 Å². The predicted molar refractivity (Wildman–Crippen MR) is 149 cm³/mol. The molecule has 0 unspecified atom stereocenters. The van der Waals surface area contributed by atoms with E-state index in [2.05, 4.69) is 5.32 Å². The molecule has 0 saturated carbocycles. The van der Waals surface area contributed by atoms with Gasteiger partial charge in [0.15, 0.2) is 5.60 Å². The number of aliphatic hydroxyl groups is 1. The number of cyclic esters (lactones) is 1. The fourth-order valence-corrected chi connectivity index (χ4v) is 6.58. The lowest BCUT2D eigenvalue weighted by molar-refractivity contribution is -0.172. The van der Waals surface area contributed by atoms with Gasteiger partial charge >= 0.3 is 5.97 Å². The molecule has 0 bridgehead atoms. The number of fused-ring (bicyclic) bond motifs is 5. The molecule has 0 fully saturated rings. The Labute approximate surface area is 233 Å². The number of ether oxygens (including phenoxy) is 1. The minimum Gasteiger partial charge on any atom is -0.458 e. The average Bonchev–Trinajstić information content (AvgIpc) is 3.33. The number of nitrogens with one attached hydrogen (secondary N) is 1. The van der Waals surface area contributed by atoms with Crippen molar-refractivity contribution in [3.05, 3.63) is 91.5 Å². The van der Waals surface area contributed by atoms with Gasteiger partial charge in [0.25, 0.3) is 11.5 Å². The molecular weight excluding hydrogens is 527 g/mol. The molecule has 0 spiro atoms. The van der Waals surface area contributed by atoms with Crippen molar-refractivity contribution < 1.29 is 23.8 Å². The quantitative estimate of drug-likeness (QED) is 0.229. The molecule has 10 heteroatoms. The van der Waals surface area contributed by atoms with Crippen molar-refractivity contribution in [2.24, 2.45) is 0 Å². The first kappa shape index (κ1) is 25.4. The minimum absolute atomic E-state index is 0.0259. The molecule has 4 N–H and O–H groups in total. The van der Waals surface area contributed by atoms with E-state index in [1.807, 2.05) is 0 Å². The third kappa shape index (κ3) is 3.50. The molecule has 7 rings (SSSR count). The summed E-state index contributed by atoms with van der Waals surface area (Å²) in [5, 5.41) is 15.1. The molecule has 1 aliphatic carbocycles. The van der Waals surface area contributed by atoms with E-state index in [1.165, 1.54) is 6.07 Å². The Morgan fingerprint density at radius 3 is 2.71 bits per heavy atom. The Morgan fingerprint density at radius 1 is 1.22 bits per heavy atom. The normalized spacial score (nSPS) is 20.3. The van der Waals surface area contributed by atoms with Gasteiger partial charge in [-0.15, -0.1) is 0 Å². The number of benzene rings is 2. The number of aryl methyl sites for hydroxylation is 1. The molecule has 0 radical (unpaired) electrons. The second kappa shape index (κ2) is 8.71. The highest BCUT2D eigenvalue weighted by Crippen LogP contribution is 2.46. The maximum Gasteiger partial charge on any atom is 0.343 e. The molecule has 3 aliphatic rings. The first-order valence-corrected chi connectivity index (χ1v) is 13.6. The van der Waals surface area contributed by atoms with Crippen LogP contribution < -0.4 is 16.6 Å². The monoisotopic (exact) mass is 554 g/mol. The summed E-state index contributed by atoms with van der Waals surface area (Å²) in [6.45, 7) is 3.33. The Hall–Kier alpha value is -4.57. The van der Waals surface area contributed by atoms with Crippen LogP contribution in [0, 0.1) is 12.7 Å². The number of halogens is 1. The zero-order valence-corrected chi connectivity index (χ0v) is 22.5. The average molecular weight is 555 g/mol. The molecule has 2 atom stereocenters. The van der Waals surface area contributed by atoms with E-state index >= 15 is 4.39 Å². The van der Waals surface area contributed by atoms with Crippen LogP contribution in [0.15, 0.2) is 41.2 Å². The highest BCUT2D eigenvalue weighted by molar-refractivity contribution is 5.97. The Kier molecular flexibility index (Phi) is 5.40. The van der Waals surface area contributed by atoms with Crippen LogP contribution in [0.5, 0.6) is 0 Å². The highest BCUT2D eigenvalue weighted by Gasteiger charge is 2.46. The zero-order valence-electron chi connectivity index (χ0n) is 22.5. The van der Waals surface area contributed by atoms with Gasteiger partial charge in [0.1, 0.15) is 12.4 Å². The van der Waals surface area contributed by atoms with Crippen molar-refractivity contribution in [2.75, 3.05) is 5.73 Å². The Bertz CT molecular complexity index is 1900. The zero-order chi connectivity index (χ0) is 28.8. The molecule has 2 aliphatic heterocycles. The predicted octanol–water partition coefficient (Wildman–Crippen LogP) is 3.53. The van der Waals surface area contributed by atoms with Gasteiger partial charge in [0.2, 0.25) is 0 Å². The molecule has 1 amide bonds. The number of aromatic nitrogens is 2. The fourth-order valence-electron chi connectivity index (χ4n) is 6.58. The molecule has 208 valence electrons. The maximum absolute atomic E-state index is 15.1. The summed E-state index contributed by atoms with van der Waals surface area (Å²) >= 11 is 0. The number of amides is 1. The van der Waals surface area contributed by atoms with Crippen molar-refractivity contribution in [3.63, 3.8) is 0 Å². The number of nitrogens with zero attached hydrogens (tertiary/aromatic N) is 2. The summed E-state index contributed by atoms with van der Waals surface area (Å²) in [5.41, 5.74) is 9.14. The van der Waals surface area contributed by atoms with Crippen LogP contribution in [-0.2, 0) is 34.7 Å².